The molecule has 0 saturated carbocycles. The average molecular weight is 272 g/mol. The van der Waals surface area contributed by atoms with Crippen molar-refractivity contribution in [2.45, 2.75) is 26.4 Å². The van der Waals surface area contributed by atoms with Crippen LogP contribution in [0, 0.1) is 6.92 Å². The van der Waals surface area contributed by atoms with Crippen LogP contribution in [0.25, 0.3) is 0 Å². The van der Waals surface area contributed by atoms with Gasteiger partial charge in [0.2, 0.25) is 0 Å². The van der Waals surface area contributed by atoms with Gasteiger partial charge >= 0.3 is 0 Å². The standard InChI is InChI=1S/C16H20N2O2/c1-11-9-17-7-6-13(11)10-18-12(2)15-8-14(20-3)4-5-16(15)19/h4-9,12,18-19H,10H2,1-3H3. The van der Waals surface area contributed by atoms with Crippen LogP contribution in [0.1, 0.15) is 29.7 Å². The van der Waals surface area contributed by atoms with Gasteiger partial charge in [-0.2, -0.15) is 0 Å². The number of phenolic OH excluding ortho intramolecular Hbond substituents is 1. The number of phenols is 1. The fourth-order valence-electron chi connectivity index (χ4n) is 2.08. The van der Waals surface area contributed by atoms with Crippen LogP contribution in [0.3, 0.4) is 0 Å². The van der Waals surface area contributed by atoms with Crippen LogP contribution >= 0.6 is 0 Å². The molecule has 2 aromatic rings. The molecule has 1 aromatic carbocycles. The van der Waals surface area contributed by atoms with Gasteiger partial charge in [0, 0.05) is 30.5 Å². The Labute approximate surface area is 119 Å². The van der Waals surface area contributed by atoms with Gasteiger partial charge < -0.3 is 15.2 Å². The number of methoxy groups -OCH3 is 1. The molecular formula is C16H20N2O2. The highest BCUT2D eigenvalue weighted by Crippen LogP contribution is 2.28. The Morgan fingerprint density at radius 1 is 1.35 bits per heavy atom. The fourth-order valence-corrected chi connectivity index (χ4v) is 2.08. The van der Waals surface area contributed by atoms with Crippen LogP contribution in [0.4, 0.5) is 0 Å². The second-order valence-corrected chi connectivity index (χ2v) is 4.83. The summed E-state index contributed by atoms with van der Waals surface area (Å²) in [5, 5.41) is 13.4. The van der Waals surface area contributed by atoms with Crippen LogP contribution in [0.5, 0.6) is 11.5 Å². The largest absolute Gasteiger partial charge is 0.508 e. The van der Waals surface area contributed by atoms with Gasteiger partial charge in [0.1, 0.15) is 11.5 Å². The number of aryl methyl sites for hydroxylation is 1. The number of ether oxygens (including phenoxy) is 1. The first kappa shape index (κ1) is 14.3. The summed E-state index contributed by atoms with van der Waals surface area (Å²) in [5.41, 5.74) is 3.19. The molecule has 1 unspecified atom stereocenters. The number of nitrogens with one attached hydrogen (secondary N) is 1. The number of pyridine rings is 1. The predicted octanol–water partition coefficient (Wildman–Crippen LogP) is 2.96. The van der Waals surface area contributed by atoms with Crippen molar-refractivity contribution in [1.29, 1.82) is 0 Å². The minimum Gasteiger partial charge on any atom is -0.508 e. The fraction of sp³-hybridized carbons (Fsp3) is 0.312. The van der Waals surface area contributed by atoms with Crippen molar-refractivity contribution < 1.29 is 9.84 Å². The molecule has 0 aliphatic carbocycles. The van der Waals surface area contributed by atoms with E-state index in [0.29, 0.717) is 0 Å². The molecule has 1 aromatic heterocycles. The second kappa shape index (κ2) is 6.39. The SMILES string of the molecule is COc1ccc(O)c(C(C)NCc2ccncc2C)c1. The maximum Gasteiger partial charge on any atom is 0.120 e. The molecule has 0 amide bonds. The van der Waals surface area contributed by atoms with Crippen LogP contribution in [0.2, 0.25) is 0 Å². The molecule has 0 aliphatic rings. The highest BCUT2D eigenvalue weighted by atomic mass is 16.5. The Hall–Kier alpha value is -2.07. The van der Waals surface area contributed by atoms with Crippen LogP contribution in [-0.2, 0) is 6.54 Å². The highest BCUT2D eigenvalue weighted by molar-refractivity contribution is 5.41. The zero-order chi connectivity index (χ0) is 14.5. The van der Waals surface area contributed by atoms with Gasteiger partial charge in [0.25, 0.3) is 0 Å². The number of aromatic nitrogens is 1. The molecule has 0 bridgehead atoms. The lowest BCUT2D eigenvalue weighted by Crippen LogP contribution is -2.18. The molecule has 0 radical (unpaired) electrons. The first-order valence-electron chi connectivity index (χ1n) is 6.61. The molecule has 20 heavy (non-hydrogen) atoms. The molecule has 0 spiro atoms. The van der Waals surface area contributed by atoms with E-state index < -0.39 is 0 Å². The minimum absolute atomic E-state index is 0.0256. The van der Waals surface area contributed by atoms with Gasteiger partial charge in [-0.3, -0.25) is 4.98 Å². The van der Waals surface area contributed by atoms with Crippen LogP contribution < -0.4 is 10.1 Å². The lowest BCUT2D eigenvalue weighted by Gasteiger charge is -2.17. The summed E-state index contributed by atoms with van der Waals surface area (Å²) >= 11 is 0. The molecule has 0 aliphatic heterocycles. The smallest absolute Gasteiger partial charge is 0.120 e. The summed E-state index contributed by atoms with van der Waals surface area (Å²) in [6.45, 7) is 4.79. The molecule has 1 heterocycles. The van der Waals surface area contributed by atoms with E-state index in [4.69, 9.17) is 4.74 Å². The summed E-state index contributed by atoms with van der Waals surface area (Å²) in [4.78, 5) is 4.08. The zero-order valence-corrected chi connectivity index (χ0v) is 12.1. The quantitative estimate of drug-likeness (QED) is 0.878. The first-order valence-corrected chi connectivity index (χ1v) is 6.61. The topological polar surface area (TPSA) is 54.4 Å². The third-order valence-electron chi connectivity index (χ3n) is 3.44. The van der Waals surface area contributed by atoms with Crippen molar-refractivity contribution in [3.05, 3.63) is 53.3 Å². The van der Waals surface area contributed by atoms with Gasteiger partial charge in [0.05, 0.1) is 7.11 Å². The van der Waals surface area contributed by atoms with Crippen molar-refractivity contribution >= 4 is 0 Å². The van der Waals surface area contributed by atoms with Crippen molar-refractivity contribution in [3.63, 3.8) is 0 Å². The summed E-state index contributed by atoms with van der Waals surface area (Å²) in [7, 11) is 1.62. The number of hydrogen-bond acceptors (Lipinski definition) is 4. The minimum atomic E-state index is 0.0256. The van der Waals surface area contributed by atoms with E-state index >= 15 is 0 Å². The maximum atomic E-state index is 9.95. The summed E-state index contributed by atoms with van der Waals surface area (Å²) in [6.07, 6.45) is 3.64. The van der Waals surface area contributed by atoms with E-state index in [-0.39, 0.29) is 11.8 Å². The number of rotatable bonds is 5. The molecule has 4 heteroatoms. The molecule has 0 fully saturated rings. The molecule has 4 nitrogen and oxygen atoms in total. The zero-order valence-electron chi connectivity index (χ0n) is 12.1. The average Bonchev–Trinajstić information content (AvgIpc) is 2.46. The van der Waals surface area contributed by atoms with Crippen molar-refractivity contribution in [1.82, 2.24) is 10.3 Å². The monoisotopic (exact) mass is 272 g/mol. The number of aromatic hydroxyl groups is 1. The molecule has 0 saturated heterocycles. The Morgan fingerprint density at radius 2 is 2.15 bits per heavy atom. The third-order valence-corrected chi connectivity index (χ3v) is 3.44. The second-order valence-electron chi connectivity index (χ2n) is 4.83. The van der Waals surface area contributed by atoms with Crippen molar-refractivity contribution in [2.75, 3.05) is 7.11 Å². The first-order chi connectivity index (χ1) is 9.61. The molecule has 2 N–H and O–H groups in total. The Balaban J connectivity index is 2.09. The lowest BCUT2D eigenvalue weighted by molar-refractivity contribution is 0.407. The van der Waals surface area contributed by atoms with Crippen molar-refractivity contribution in [3.8, 4) is 11.5 Å². The molecule has 2 rings (SSSR count). The number of hydrogen-bond donors (Lipinski definition) is 2. The third kappa shape index (κ3) is 3.27. The maximum absolute atomic E-state index is 9.95. The van der Waals surface area contributed by atoms with Gasteiger partial charge in [-0.05, 0) is 49.2 Å². The molecule has 106 valence electrons. The molecule has 1 atom stereocenters. The van der Waals surface area contributed by atoms with E-state index in [1.807, 2.05) is 32.2 Å². The lowest BCUT2D eigenvalue weighted by atomic mass is 10.1. The van der Waals surface area contributed by atoms with Gasteiger partial charge in [-0.1, -0.05) is 0 Å². The van der Waals surface area contributed by atoms with E-state index in [9.17, 15) is 5.11 Å². The Kier molecular flexibility index (Phi) is 4.58. The van der Waals surface area contributed by atoms with E-state index in [1.165, 1.54) is 5.56 Å². The van der Waals surface area contributed by atoms with Gasteiger partial charge in [-0.25, -0.2) is 0 Å². The summed E-state index contributed by atoms with van der Waals surface area (Å²) < 4.78 is 5.19. The summed E-state index contributed by atoms with van der Waals surface area (Å²) in [5.74, 6) is 1.02. The Bertz CT molecular complexity index is 584. The van der Waals surface area contributed by atoms with Crippen LogP contribution in [-0.4, -0.2) is 17.2 Å². The van der Waals surface area contributed by atoms with Crippen molar-refractivity contribution in [2.24, 2.45) is 0 Å². The Morgan fingerprint density at radius 3 is 2.85 bits per heavy atom. The highest BCUT2D eigenvalue weighted by Gasteiger charge is 2.11. The van der Waals surface area contributed by atoms with E-state index in [1.54, 1.807) is 25.4 Å². The number of benzene rings is 1. The van der Waals surface area contributed by atoms with Crippen LogP contribution in [0.15, 0.2) is 36.7 Å². The van der Waals surface area contributed by atoms with E-state index in [0.717, 1.165) is 23.4 Å². The van der Waals surface area contributed by atoms with E-state index in [2.05, 4.69) is 10.3 Å². The normalized spacial score (nSPS) is 12.2. The van der Waals surface area contributed by atoms with Gasteiger partial charge in [-0.15, -0.1) is 0 Å². The number of nitrogens with zero attached hydrogens (tertiary/aromatic N) is 1. The van der Waals surface area contributed by atoms with Gasteiger partial charge in [0.15, 0.2) is 0 Å². The molecular weight excluding hydrogens is 252 g/mol. The predicted molar refractivity (Wildman–Crippen MR) is 78.9 cm³/mol. The summed E-state index contributed by atoms with van der Waals surface area (Å²) in [6, 6.07) is 7.29.